The molecule has 0 saturated carbocycles. The molecule has 0 saturated heterocycles. The van der Waals surface area contributed by atoms with Gasteiger partial charge in [-0.1, -0.05) is 12.1 Å². The number of nitrogens with zero attached hydrogens (tertiary/aromatic N) is 1. The molecule has 0 N–H and O–H groups in total. The van der Waals surface area contributed by atoms with Crippen molar-refractivity contribution in [2.45, 2.75) is 18.2 Å². The summed E-state index contributed by atoms with van der Waals surface area (Å²) in [4.78, 5) is 10.0. The molecule has 0 aliphatic heterocycles. The van der Waals surface area contributed by atoms with E-state index >= 15 is 0 Å². The van der Waals surface area contributed by atoms with Crippen LogP contribution in [0.2, 0.25) is 0 Å². The maximum atomic E-state index is 10.4. The van der Waals surface area contributed by atoms with Crippen molar-refractivity contribution in [2.24, 2.45) is 0 Å². The Kier molecular flexibility index (Phi) is 5.22. The van der Waals surface area contributed by atoms with Gasteiger partial charge >= 0.3 is 0 Å². The summed E-state index contributed by atoms with van der Waals surface area (Å²) in [6, 6.07) is 6.53. The third-order valence-corrected chi connectivity index (χ3v) is 2.59. The highest BCUT2D eigenvalue weighted by Crippen LogP contribution is 2.14. The normalized spacial score (nSPS) is 12.4. The third-order valence-electron chi connectivity index (χ3n) is 2.24. The molecule has 88 valence electrons. The van der Waals surface area contributed by atoms with E-state index in [4.69, 9.17) is 16.3 Å². The van der Waals surface area contributed by atoms with Crippen LogP contribution < -0.4 is 0 Å². The zero-order valence-corrected chi connectivity index (χ0v) is 9.81. The zero-order valence-electron chi connectivity index (χ0n) is 9.06. The predicted molar refractivity (Wildman–Crippen MR) is 62.9 cm³/mol. The molecule has 0 aliphatic rings. The zero-order chi connectivity index (χ0) is 12.0. The number of non-ortho nitro benzene ring substituents is 1. The van der Waals surface area contributed by atoms with E-state index in [1.807, 2.05) is 0 Å². The van der Waals surface area contributed by atoms with Crippen molar-refractivity contribution in [2.75, 3.05) is 13.7 Å². The van der Waals surface area contributed by atoms with E-state index in [-0.39, 0.29) is 11.1 Å². The first kappa shape index (κ1) is 12.9. The number of aryl methyl sites for hydroxylation is 1. The highest BCUT2D eigenvalue weighted by atomic mass is 35.5. The molecule has 0 spiro atoms. The molecular formula is C11H14ClNO3. The molecule has 1 aromatic rings. The Bertz CT molecular complexity index is 340. The number of ether oxygens (including phenoxy) is 1. The molecule has 1 unspecified atom stereocenters. The van der Waals surface area contributed by atoms with Gasteiger partial charge in [0.05, 0.1) is 16.9 Å². The summed E-state index contributed by atoms with van der Waals surface area (Å²) in [6.45, 7) is 0.522. The fraction of sp³-hybridized carbons (Fsp3) is 0.455. The molecule has 1 aromatic carbocycles. The molecular weight excluding hydrogens is 230 g/mol. The maximum Gasteiger partial charge on any atom is 0.269 e. The number of nitro benzene ring substituents is 1. The number of methoxy groups -OCH3 is 1. The van der Waals surface area contributed by atoms with Gasteiger partial charge in [0.2, 0.25) is 0 Å². The number of hydrogen-bond donors (Lipinski definition) is 0. The van der Waals surface area contributed by atoms with Gasteiger partial charge in [-0.05, 0) is 18.4 Å². The highest BCUT2D eigenvalue weighted by Gasteiger charge is 2.06. The molecule has 0 radical (unpaired) electrons. The second kappa shape index (κ2) is 6.45. The Hall–Kier alpha value is -1.13. The average Bonchev–Trinajstić information content (AvgIpc) is 2.27. The number of hydrogen-bond acceptors (Lipinski definition) is 3. The molecule has 0 heterocycles. The van der Waals surface area contributed by atoms with Crippen molar-refractivity contribution in [1.29, 1.82) is 0 Å². The molecule has 0 amide bonds. The summed E-state index contributed by atoms with van der Waals surface area (Å²) in [7, 11) is 1.61. The number of nitro groups is 1. The average molecular weight is 244 g/mol. The second-order valence-electron chi connectivity index (χ2n) is 3.51. The number of alkyl halides is 1. The van der Waals surface area contributed by atoms with Gasteiger partial charge in [0.1, 0.15) is 0 Å². The van der Waals surface area contributed by atoms with E-state index in [9.17, 15) is 10.1 Å². The fourth-order valence-corrected chi connectivity index (χ4v) is 1.61. The monoisotopic (exact) mass is 243 g/mol. The molecule has 1 rings (SSSR count). The lowest BCUT2D eigenvalue weighted by molar-refractivity contribution is -0.384. The lowest BCUT2D eigenvalue weighted by atomic mass is 10.1. The van der Waals surface area contributed by atoms with Gasteiger partial charge in [-0.2, -0.15) is 0 Å². The summed E-state index contributed by atoms with van der Waals surface area (Å²) < 4.78 is 4.92. The van der Waals surface area contributed by atoms with E-state index in [2.05, 4.69) is 0 Å². The van der Waals surface area contributed by atoms with Crippen molar-refractivity contribution >= 4 is 17.3 Å². The molecule has 5 heteroatoms. The Morgan fingerprint density at radius 3 is 2.56 bits per heavy atom. The molecule has 16 heavy (non-hydrogen) atoms. The first-order valence-electron chi connectivity index (χ1n) is 5.00. The van der Waals surface area contributed by atoms with Crippen LogP contribution in [-0.2, 0) is 11.2 Å². The molecule has 0 aliphatic carbocycles. The molecule has 0 bridgehead atoms. The van der Waals surface area contributed by atoms with Gasteiger partial charge in [-0.25, -0.2) is 0 Å². The third kappa shape index (κ3) is 4.16. The standard InChI is InChI=1S/C11H14ClNO3/c1-16-8-10(12)5-2-9-3-6-11(7-4-9)13(14)15/h3-4,6-7,10H,2,5,8H2,1H3. The van der Waals surface area contributed by atoms with Gasteiger partial charge in [0.25, 0.3) is 5.69 Å². The maximum absolute atomic E-state index is 10.4. The van der Waals surface area contributed by atoms with Crippen molar-refractivity contribution in [1.82, 2.24) is 0 Å². The molecule has 0 fully saturated rings. The van der Waals surface area contributed by atoms with Crippen molar-refractivity contribution in [3.63, 3.8) is 0 Å². The first-order valence-corrected chi connectivity index (χ1v) is 5.43. The lowest BCUT2D eigenvalue weighted by Crippen LogP contribution is -2.08. The van der Waals surface area contributed by atoms with E-state index in [0.717, 1.165) is 18.4 Å². The summed E-state index contributed by atoms with van der Waals surface area (Å²) in [5.41, 5.74) is 1.16. The SMILES string of the molecule is COCC(Cl)CCc1ccc([N+](=O)[O-])cc1. The quantitative estimate of drug-likeness (QED) is 0.439. The molecule has 4 nitrogen and oxygen atoms in total. The van der Waals surface area contributed by atoms with Gasteiger partial charge in [0.15, 0.2) is 0 Å². The number of rotatable bonds is 6. The summed E-state index contributed by atoms with van der Waals surface area (Å²) >= 11 is 5.98. The van der Waals surface area contributed by atoms with Crippen LogP contribution in [0.3, 0.4) is 0 Å². The minimum Gasteiger partial charge on any atom is -0.383 e. The Balaban J connectivity index is 2.46. The van der Waals surface area contributed by atoms with Crippen LogP contribution in [0, 0.1) is 10.1 Å². The van der Waals surface area contributed by atoms with Crippen LogP contribution in [0.5, 0.6) is 0 Å². The van der Waals surface area contributed by atoms with E-state index in [1.165, 1.54) is 12.1 Å². The number of halogens is 1. The lowest BCUT2D eigenvalue weighted by Gasteiger charge is -2.07. The fourth-order valence-electron chi connectivity index (χ4n) is 1.37. The minimum absolute atomic E-state index is 0.0137. The number of benzene rings is 1. The summed E-state index contributed by atoms with van der Waals surface area (Å²) in [5, 5.41) is 10.4. The first-order chi connectivity index (χ1) is 7.63. The summed E-state index contributed by atoms with van der Waals surface area (Å²) in [6.07, 6.45) is 1.60. The van der Waals surface area contributed by atoms with Gasteiger partial charge in [0, 0.05) is 19.2 Å². The smallest absolute Gasteiger partial charge is 0.269 e. The minimum atomic E-state index is -0.404. The molecule has 0 aromatic heterocycles. The van der Waals surface area contributed by atoms with Gasteiger partial charge in [-0.15, -0.1) is 11.6 Å². The Morgan fingerprint density at radius 1 is 1.44 bits per heavy atom. The largest absolute Gasteiger partial charge is 0.383 e. The van der Waals surface area contributed by atoms with E-state index < -0.39 is 4.92 Å². The predicted octanol–water partition coefficient (Wildman–Crippen LogP) is 2.78. The van der Waals surface area contributed by atoms with Crippen LogP contribution in [-0.4, -0.2) is 24.0 Å². The van der Waals surface area contributed by atoms with Crippen LogP contribution in [0.25, 0.3) is 0 Å². The van der Waals surface area contributed by atoms with Gasteiger partial charge in [-0.3, -0.25) is 10.1 Å². The summed E-state index contributed by atoms with van der Waals surface area (Å²) in [5.74, 6) is 0. The van der Waals surface area contributed by atoms with Crippen molar-refractivity contribution in [3.8, 4) is 0 Å². The van der Waals surface area contributed by atoms with Crippen LogP contribution in [0.4, 0.5) is 5.69 Å². The van der Waals surface area contributed by atoms with Gasteiger partial charge < -0.3 is 4.74 Å². The topological polar surface area (TPSA) is 52.4 Å². The van der Waals surface area contributed by atoms with E-state index in [1.54, 1.807) is 19.2 Å². The van der Waals surface area contributed by atoms with Crippen molar-refractivity contribution < 1.29 is 9.66 Å². The Morgan fingerprint density at radius 2 is 2.06 bits per heavy atom. The Labute approximate surface area is 99.3 Å². The van der Waals surface area contributed by atoms with Crippen LogP contribution in [0.1, 0.15) is 12.0 Å². The van der Waals surface area contributed by atoms with Crippen LogP contribution >= 0.6 is 11.6 Å². The molecule has 1 atom stereocenters. The van der Waals surface area contributed by atoms with Crippen molar-refractivity contribution in [3.05, 3.63) is 39.9 Å². The second-order valence-corrected chi connectivity index (χ2v) is 4.13. The van der Waals surface area contributed by atoms with Crippen LogP contribution in [0.15, 0.2) is 24.3 Å². The van der Waals surface area contributed by atoms with E-state index in [0.29, 0.717) is 6.61 Å². The highest BCUT2D eigenvalue weighted by molar-refractivity contribution is 6.20.